The number of rotatable bonds is 3. The van der Waals surface area contributed by atoms with Crippen LogP contribution in [-0.4, -0.2) is 63.2 Å². The van der Waals surface area contributed by atoms with E-state index in [4.69, 9.17) is 4.98 Å². The highest BCUT2D eigenvalue weighted by molar-refractivity contribution is 6.07. The molecule has 3 aromatic rings. The second kappa shape index (κ2) is 7.95. The van der Waals surface area contributed by atoms with E-state index in [1.165, 1.54) is 0 Å². The first-order valence-electron chi connectivity index (χ1n) is 10.4. The van der Waals surface area contributed by atoms with E-state index >= 15 is 0 Å². The minimum atomic E-state index is 0.0909. The van der Waals surface area contributed by atoms with Gasteiger partial charge in [-0.3, -0.25) is 9.48 Å². The van der Waals surface area contributed by atoms with Gasteiger partial charge in [-0.05, 0) is 58.5 Å². The summed E-state index contributed by atoms with van der Waals surface area (Å²) in [6, 6.07) is 8.25. The summed E-state index contributed by atoms with van der Waals surface area (Å²) >= 11 is 0. The first kappa shape index (κ1) is 19.6. The van der Waals surface area contributed by atoms with Crippen molar-refractivity contribution in [3.63, 3.8) is 0 Å². The van der Waals surface area contributed by atoms with Crippen molar-refractivity contribution >= 4 is 16.8 Å². The topological polar surface area (TPSA) is 54.3 Å². The average molecular weight is 392 g/mol. The lowest BCUT2D eigenvalue weighted by Gasteiger charge is -2.28. The van der Waals surface area contributed by atoms with E-state index in [2.05, 4.69) is 50.0 Å². The zero-order chi connectivity index (χ0) is 20.5. The van der Waals surface area contributed by atoms with Crippen molar-refractivity contribution in [2.45, 2.75) is 39.8 Å². The molecule has 0 saturated carbocycles. The number of hydrogen-bond acceptors (Lipinski definition) is 4. The third-order valence-electron chi connectivity index (χ3n) is 5.76. The van der Waals surface area contributed by atoms with Gasteiger partial charge in [0.25, 0.3) is 5.91 Å². The Morgan fingerprint density at radius 1 is 1.24 bits per heavy atom. The Morgan fingerprint density at radius 3 is 2.83 bits per heavy atom. The summed E-state index contributed by atoms with van der Waals surface area (Å²) < 4.78 is 1.88. The summed E-state index contributed by atoms with van der Waals surface area (Å²) in [5.74, 6) is 0.0909. The maximum atomic E-state index is 13.7. The molecule has 1 saturated heterocycles. The van der Waals surface area contributed by atoms with Gasteiger partial charge < -0.3 is 9.80 Å². The second-order valence-electron chi connectivity index (χ2n) is 8.12. The molecule has 1 fully saturated rings. The zero-order valence-electron chi connectivity index (χ0n) is 17.7. The van der Waals surface area contributed by atoms with Crippen LogP contribution in [0.3, 0.4) is 0 Å². The van der Waals surface area contributed by atoms with Crippen LogP contribution in [0.15, 0.2) is 36.7 Å². The number of carbonyl (C=O) groups is 1. The molecule has 6 nitrogen and oxygen atoms in total. The lowest BCUT2D eigenvalue weighted by Crippen LogP contribution is -2.42. The lowest BCUT2D eigenvalue weighted by molar-refractivity contribution is 0.0698. The Balaban J connectivity index is 1.82. The van der Waals surface area contributed by atoms with Crippen molar-refractivity contribution in [3.05, 3.63) is 47.8 Å². The van der Waals surface area contributed by atoms with Gasteiger partial charge in [0.1, 0.15) is 0 Å². The molecule has 0 N–H and O–H groups in total. The van der Waals surface area contributed by atoms with Crippen LogP contribution in [-0.2, 0) is 6.54 Å². The van der Waals surface area contributed by atoms with Crippen LogP contribution in [0.25, 0.3) is 22.2 Å². The van der Waals surface area contributed by atoms with Gasteiger partial charge in [0.15, 0.2) is 0 Å². The molecular formula is C23H29N5O. The molecule has 0 bridgehead atoms. The smallest absolute Gasteiger partial charge is 0.254 e. The van der Waals surface area contributed by atoms with E-state index < -0.39 is 0 Å². The fraction of sp³-hybridized carbons (Fsp3) is 0.435. The number of likely N-dealkylation sites (N-methyl/N-ethyl adjacent to an activating group) is 1. The van der Waals surface area contributed by atoms with Crippen LogP contribution in [0.4, 0.5) is 0 Å². The fourth-order valence-electron chi connectivity index (χ4n) is 4.16. The Bertz CT molecular complexity index is 1040. The summed E-state index contributed by atoms with van der Waals surface area (Å²) in [4.78, 5) is 22.9. The molecule has 4 rings (SSSR count). The molecule has 152 valence electrons. The molecule has 1 aliphatic heterocycles. The molecule has 0 unspecified atom stereocenters. The van der Waals surface area contributed by atoms with Crippen molar-refractivity contribution in [1.82, 2.24) is 24.6 Å². The molecule has 29 heavy (non-hydrogen) atoms. The first-order chi connectivity index (χ1) is 14.0. The van der Waals surface area contributed by atoms with Gasteiger partial charge in [-0.25, -0.2) is 4.98 Å². The van der Waals surface area contributed by atoms with Gasteiger partial charge in [0, 0.05) is 42.8 Å². The number of nitrogens with zero attached hydrogens (tertiary/aromatic N) is 5. The molecular weight excluding hydrogens is 362 g/mol. The molecule has 2 aromatic heterocycles. The summed E-state index contributed by atoms with van der Waals surface area (Å²) in [6.07, 6.45) is 4.80. The maximum absolute atomic E-state index is 13.7. The second-order valence-corrected chi connectivity index (χ2v) is 8.12. The number of benzene rings is 1. The van der Waals surface area contributed by atoms with E-state index in [9.17, 15) is 4.79 Å². The lowest BCUT2D eigenvalue weighted by atomic mass is 10.0. The highest BCUT2D eigenvalue weighted by atomic mass is 16.2. The molecule has 6 heteroatoms. The van der Waals surface area contributed by atoms with Crippen LogP contribution in [0.5, 0.6) is 0 Å². The standard InChI is InChI=1S/C23H29N5O/c1-5-27-15-18(13-24-27)21-12-20(19-8-7-16(2)11-22(19)25-21)23(29)28-10-6-9-26(4)14-17(28)3/h7-8,11-13,15,17H,5-6,9-10,14H2,1-4H3/t17-/m0/s1. The quantitative estimate of drug-likeness (QED) is 0.685. The molecule has 0 radical (unpaired) electrons. The normalized spacial score (nSPS) is 18.2. The first-order valence-corrected chi connectivity index (χ1v) is 10.4. The largest absolute Gasteiger partial charge is 0.335 e. The van der Waals surface area contributed by atoms with E-state index in [1.54, 1.807) is 0 Å². The van der Waals surface area contributed by atoms with Crippen LogP contribution in [0.2, 0.25) is 0 Å². The fourth-order valence-corrected chi connectivity index (χ4v) is 4.16. The molecule has 1 atom stereocenters. The number of hydrogen-bond donors (Lipinski definition) is 0. The van der Waals surface area contributed by atoms with Crippen LogP contribution in [0, 0.1) is 6.92 Å². The molecule has 0 aliphatic carbocycles. The summed E-state index contributed by atoms with van der Waals surface area (Å²) in [5.41, 5.74) is 4.45. The maximum Gasteiger partial charge on any atom is 0.254 e. The average Bonchev–Trinajstić information content (AvgIpc) is 3.12. The van der Waals surface area contributed by atoms with Gasteiger partial charge in [-0.1, -0.05) is 12.1 Å². The third-order valence-corrected chi connectivity index (χ3v) is 5.76. The highest BCUT2D eigenvalue weighted by Gasteiger charge is 2.27. The van der Waals surface area contributed by atoms with Crippen molar-refractivity contribution in [2.24, 2.45) is 0 Å². The van der Waals surface area contributed by atoms with Crippen molar-refractivity contribution in [2.75, 3.05) is 26.7 Å². The summed E-state index contributed by atoms with van der Waals surface area (Å²) in [7, 11) is 2.12. The summed E-state index contributed by atoms with van der Waals surface area (Å²) in [6.45, 7) is 9.74. The Hall–Kier alpha value is -2.73. The number of aromatic nitrogens is 3. The number of aryl methyl sites for hydroxylation is 2. The van der Waals surface area contributed by atoms with E-state index in [1.807, 2.05) is 34.1 Å². The molecule has 1 amide bonds. The SMILES string of the molecule is CCn1cc(-c2cc(C(=O)N3CCCN(C)C[C@@H]3C)c3ccc(C)cc3n2)cn1. The van der Waals surface area contributed by atoms with Crippen LogP contribution >= 0.6 is 0 Å². The van der Waals surface area contributed by atoms with Crippen molar-refractivity contribution < 1.29 is 4.79 Å². The van der Waals surface area contributed by atoms with Crippen LogP contribution in [0.1, 0.15) is 36.2 Å². The number of pyridine rings is 1. The van der Waals surface area contributed by atoms with Gasteiger partial charge in [-0.15, -0.1) is 0 Å². The predicted octanol–water partition coefficient (Wildman–Crippen LogP) is 3.59. The molecule has 1 aromatic carbocycles. The minimum absolute atomic E-state index is 0.0909. The zero-order valence-corrected chi connectivity index (χ0v) is 17.7. The van der Waals surface area contributed by atoms with Crippen LogP contribution < -0.4 is 0 Å². The van der Waals surface area contributed by atoms with Gasteiger partial charge in [-0.2, -0.15) is 5.10 Å². The minimum Gasteiger partial charge on any atom is -0.335 e. The Labute approximate surface area is 172 Å². The third kappa shape index (κ3) is 3.90. The van der Waals surface area contributed by atoms with E-state index in [0.29, 0.717) is 0 Å². The molecule has 1 aliphatic rings. The van der Waals surface area contributed by atoms with Crippen molar-refractivity contribution in [3.8, 4) is 11.3 Å². The Kier molecular flexibility index (Phi) is 5.37. The predicted molar refractivity (Wildman–Crippen MR) is 116 cm³/mol. The Morgan fingerprint density at radius 2 is 2.07 bits per heavy atom. The van der Waals surface area contributed by atoms with Gasteiger partial charge in [0.05, 0.1) is 23.0 Å². The molecule has 0 spiro atoms. The van der Waals surface area contributed by atoms with E-state index in [0.717, 1.165) is 65.9 Å². The summed E-state index contributed by atoms with van der Waals surface area (Å²) in [5, 5.41) is 5.30. The monoisotopic (exact) mass is 391 g/mol. The van der Waals surface area contributed by atoms with E-state index in [-0.39, 0.29) is 11.9 Å². The van der Waals surface area contributed by atoms with Crippen molar-refractivity contribution in [1.29, 1.82) is 0 Å². The molecule has 3 heterocycles. The number of fused-ring (bicyclic) bond motifs is 1. The number of carbonyl (C=O) groups excluding carboxylic acids is 1. The highest BCUT2D eigenvalue weighted by Crippen LogP contribution is 2.27. The van der Waals surface area contributed by atoms with Gasteiger partial charge >= 0.3 is 0 Å². The number of amides is 1. The van der Waals surface area contributed by atoms with Gasteiger partial charge in [0.2, 0.25) is 0 Å².